The van der Waals surface area contributed by atoms with Crippen molar-refractivity contribution in [2.45, 2.75) is 38.3 Å². The highest BCUT2D eigenvalue weighted by atomic mass is 32.1. The van der Waals surface area contributed by atoms with Crippen molar-refractivity contribution in [3.8, 4) is 0 Å². The molecule has 104 valence electrons. The minimum atomic E-state index is -1.17. The zero-order valence-corrected chi connectivity index (χ0v) is 11.8. The number of rotatable bonds is 5. The molecule has 0 spiro atoms. The van der Waals surface area contributed by atoms with E-state index in [0.29, 0.717) is 0 Å². The Labute approximate surface area is 116 Å². The summed E-state index contributed by atoms with van der Waals surface area (Å²) in [4.78, 5) is 24.3. The Hall–Kier alpha value is -1.56. The fourth-order valence-electron chi connectivity index (χ4n) is 2.07. The van der Waals surface area contributed by atoms with Crippen molar-refractivity contribution in [2.24, 2.45) is 5.92 Å². The lowest BCUT2D eigenvalue weighted by molar-refractivity contribution is -0.144. The van der Waals surface area contributed by atoms with Gasteiger partial charge >= 0.3 is 12.0 Å². The van der Waals surface area contributed by atoms with Gasteiger partial charge in [-0.1, -0.05) is 6.07 Å². The van der Waals surface area contributed by atoms with Crippen molar-refractivity contribution in [3.05, 3.63) is 22.4 Å². The van der Waals surface area contributed by atoms with Crippen LogP contribution in [0.3, 0.4) is 0 Å². The first kappa shape index (κ1) is 13.9. The van der Waals surface area contributed by atoms with E-state index >= 15 is 0 Å². The van der Waals surface area contributed by atoms with Crippen molar-refractivity contribution in [1.29, 1.82) is 0 Å². The number of hydrogen-bond donors (Lipinski definition) is 3. The van der Waals surface area contributed by atoms with Crippen LogP contribution in [0.5, 0.6) is 0 Å². The van der Waals surface area contributed by atoms with E-state index in [0.717, 1.165) is 17.7 Å². The summed E-state index contributed by atoms with van der Waals surface area (Å²) in [5.74, 6) is -0.943. The first-order valence-electron chi connectivity index (χ1n) is 6.29. The average molecular weight is 282 g/mol. The maximum atomic E-state index is 11.9. The van der Waals surface area contributed by atoms with Gasteiger partial charge in [0, 0.05) is 4.88 Å². The lowest BCUT2D eigenvalue weighted by Crippen LogP contribution is -2.56. The van der Waals surface area contributed by atoms with Crippen molar-refractivity contribution < 1.29 is 14.7 Å². The van der Waals surface area contributed by atoms with E-state index in [-0.39, 0.29) is 12.0 Å². The van der Waals surface area contributed by atoms with Crippen molar-refractivity contribution in [2.75, 3.05) is 0 Å². The van der Waals surface area contributed by atoms with Gasteiger partial charge in [-0.15, -0.1) is 11.3 Å². The maximum absolute atomic E-state index is 11.9. The topological polar surface area (TPSA) is 78.4 Å². The summed E-state index contributed by atoms with van der Waals surface area (Å²) in [6, 6.07) is 3.30. The van der Waals surface area contributed by atoms with Gasteiger partial charge in [-0.05, 0) is 44.1 Å². The molecule has 0 bridgehead atoms. The number of hydrogen-bond acceptors (Lipinski definition) is 3. The van der Waals surface area contributed by atoms with Crippen molar-refractivity contribution in [1.82, 2.24) is 10.6 Å². The van der Waals surface area contributed by atoms with Crippen LogP contribution in [0.2, 0.25) is 0 Å². The second-order valence-electron chi connectivity index (χ2n) is 5.12. The van der Waals surface area contributed by atoms with Gasteiger partial charge in [0.25, 0.3) is 0 Å². The molecule has 0 aromatic carbocycles. The third-order valence-corrected chi connectivity index (χ3v) is 4.58. The Morgan fingerprint density at radius 3 is 2.68 bits per heavy atom. The molecule has 2 atom stereocenters. The molecule has 2 rings (SSSR count). The standard InChI is InChI=1S/C13H18N2O3S/c1-8(10-4-3-7-19-10)14-12(18)15-13(2,11(16)17)9-5-6-9/h3-4,7-9H,5-6H2,1-2H3,(H,16,17)(H2,14,15,18). The number of carbonyl (C=O) groups is 2. The fourth-order valence-corrected chi connectivity index (χ4v) is 2.80. The normalized spacial score (nSPS) is 19.3. The van der Waals surface area contributed by atoms with Gasteiger partial charge in [0.15, 0.2) is 0 Å². The number of aliphatic carboxylic acids is 1. The van der Waals surface area contributed by atoms with Gasteiger partial charge in [-0.3, -0.25) is 0 Å². The Bertz CT molecular complexity index is 470. The molecule has 1 aliphatic rings. The van der Waals surface area contributed by atoms with E-state index in [1.807, 2.05) is 24.4 Å². The smallest absolute Gasteiger partial charge is 0.329 e. The monoisotopic (exact) mass is 282 g/mol. The Kier molecular flexibility index (Phi) is 3.80. The van der Waals surface area contributed by atoms with E-state index in [2.05, 4.69) is 10.6 Å². The van der Waals surface area contributed by atoms with Crippen LogP contribution in [0, 0.1) is 5.92 Å². The van der Waals surface area contributed by atoms with Gasteiger partial charge in [0.05, 0.1) is 6.04 Å². The van der Waals surface area contributed by atoms with Crippen LogP contribution >= 0.6 is 11.3 Å². The third-order valence-electron chi connectivity index (χ3n) is 3.53. The highest BCUT2D eigenvalue weighted by molar-refractivity contribution is 7.10. The number of carbonyl (C=O) groups excluding carboxylic acids is 1. The predicted octanol–water partition coefficient (Wildman–Crippen LogP) is 2.36. The van der Waals surface area contributed by atoms with Crippen LogP contribution in [0.1, 0.15) is 37.6 Å². The van der Waals surface area contributed by atoms with E-state index in [1.54, 1.807) is 18.3 Å². The molecular formula is C13H18N2O3S. The number of nitrogens with one attached hydrogen (secondary N) is 2. The molecule has 0 saturated heterocycles. The van der Waals surface area contributed by atoms with E-state index < -0.39 is 17.5 Å². The minimum Gasteiger partial charge on any atom is -0.480 e. The first-order chi connectivity index (χ1) is 8.93. The molecule has 19 heavy (non-hydrogen) atoms. The van der Waals surface area contributed by atoms with E-state index in [1.165, 1.54) is 0 Å². The molecule has 5 nitrogen and oxygen atoms in total. The summed E-state index contributed by atoms with van der Waals surface area (Å²) in [5.41, 5.74) is -1.17. The lowest BCUT2D eigenvalue weighted by Gasteiger charge is -2.27. The second kappa shape index (κ2) is 5.21. The quantitative estimate of drug-likeness (QED) is 0.775. The maximum Gasteiger partial charge on any atom is 0.329 e. The summed E-state index contributed by atoms with van der Waals surface area (Å²) in [5, 5.41) is 16.6. The molecular weight excluding hydrogens is 264 g/mol. The molecule has 3 N–H and O–H groups in total. The molecule has 0 radical (unpaired) electrons. The molecule has 1 saturated carbocycles. The summed E-state index contributed by atoms with van der Waals surface area (Å²) >= 11 is 1.56. The molecule has 1 aliphatic carbocycles. The highest BCUT2D eigenvalue weighted by Crippen LogP contribution is 2.39. The van der Waals surface area contributed by atoms with Gasteiger partial charge < -0.3 is 15.7 Å². The molecule has 2 unspecified atom stereocenters. The average Bonchev–Trinajstić information content (AvgIpc) is 3.04. The number of carboxylic acid groups (broad SMARTS) is 1. The van der Waals surface area contributed by atoms with Gasteiger partial charge in [0.2, 0.25) is 0 Å². The molecule has 1 heterocycles. The van der Waals surface area contributed by atoms with Crippen LogP contribution in [-0.4, -0.2) is 22.6 Å². The molecule has 2 amide bonds. The predicted molar refractivity (Wildman–Crippen MR) is 73.2 cm³/mol. The molecule has 0 aliphatic heterocycles. The zero-order valence-electron chi connectivity index (χ0n) is 11.0. The van der Waals surface area contributed by atoms with E-state index in [9.17, 15) is 14.7 Å². The number of urea groups is 1. The number of thiophene rings is 1. The van der Waals surface area contributed by atoms with Crippen molar-refractivity contribution in [3.63, 3.8) is 0 Å². The molecule has 6 heteroatoms. The van der Waals surface area contributed by atoms with E-state index in [4.69, 9.17) is 0 Å². The molecule has 1 fully saturated rings. The van der Waals surface area contributed by atoms with Gasteiger partial charge in [-0.2, -0.15) is 0 Å². The molecule has 1 aromatic rings. The Balaban J connectivity index is 1.95. The SMILES string of the molecule is CC(NC(=O)NC(C)(C(=O)O)C1CC1)c1cccs1. The summed E-state index contributed by atoms with van der Waals surface area (Å²) in [6.07, 6.45) is 1.70. The third kappa shape index (κ3) is 3.07. The molecule has 1 aromatic heterocycles. The Morgan fingerprint density at radius 2 is 2.21 bits per heavy atom. The van der Waals surface area contributed by atoms with Gasteiger partial charge in [-0.25, -0.2) is 9.59 Å². The van der Waals surface area contributed by atoms with Gasteiger partial charge in [0.1, 0.15) is 5.54 Å². The summed E-state index contributed by atoms with van der Waals surface area (Å²) in [6.45, 7) is 3.45. The van der Waals surface area contributed by atoms with Crippen LogP contribution in [0.25, 0.3) is 0 Å². The second-order valence-corrected chi connectivity index (χ2v) is 6.10. The Morgan fingerprint density at radius 1 is 1.53 bits per heavy atom. The number of amides is 2. The van der Waals surface area contributed by atoms with Crippen LogP contribution in [0.15, 0.2) is 17.5 Å². The van der Waals surface area contributed by atoms with Crippen LogP contribution in [-0.2, 0) is 4.79 Å². The minimum absolute atomic E-state index is 0.0350. The van der Waals surface area contributed by atoms with Crippen LogP contribution < -0.4 is 10.6 Å². The first-order valence-corrected chi connectivity index (χ1v) is 7.17. The fraction of sp³-hybridized carbons (Fsp3) is 0.538. The summed E-state index contributed by atoms with van der Waals surface area (Å²) < 4.78 is 0. The largest absolute Gasteiger partial charge is 0.480 e. The van der Waals surface area contributed by atoms with Crippen molar-refractivity contribution >= 4 is 23.3 Å². The number of carboxylic acids is 1. The van der Waals surface area contributed by atoms with Crippen LogP contribution in [0.4, 0.5) is 4.79 Å². The lowest BCUT2D eigenvalue weighted by atomic mass is 9.96. The summed E-state index contributed by atoms with van der Waals surface area (Å²) in [7, 11) is 0. The highest BCUT2D eigenvalue weighted by Gasteiger charge is 2.48. The zero-order chi connectivity index (χ0) is 14.0.